The predicted octanol–water partition coefficient (Wildman–Crippen LogP) is 4.41. The third kappa shape index (κ3) is 2.40. The third-order valence-corrected chi connectivity index (χ3v) is 4.47. The molecule has 0 saturated carbocycles. The summed E-state index contributed by atoms with van der Waals surface area (Å²) in [6.45, 7) is 0.658. The summed E-state index contributed by atoms with van der Waals surface area (Å²) in [6.07, 6.45) is 0. The maximum absolute atomic E-state index is 9.02. The minimum Gasteiger partial charge on any atom is -0.322 e. The predicted molar refractivity (Wildman–Crippen MR) is 82.4 cm³/mol. The van der Waals surface area contributed by atoms with Crippen molar-refractivity contribution in [1.29, 1.82) is 5.26 Å². The van der Waals surface area contributed by atoms with Crippen LogP contribution < -0.4 is 0 Å². The molecule has 0 bridgehead atoms. The topological polar surface area (TPSA) is 41.6 Å². The van der Waals surface area contributed by atoms with Crippen LogP contribution in [0.5, 0.6) is 0 Å². The minimum atomic E-state index is 0.329. The SMILES string of the molecule is N#Cc1ccc2nc(CCl)n(Cc3ccc(Cl)s3)c2c1. The molecule has 3 rings (SSSR count). The Balaban J connectivity index is 2.13. The Morgan fingerprint density at radius 3 is 2.80 bits per heavy atom. The highest BCUT2D eigenvalue weighted by Crippen LogP contribution is 2.25. The lowest BCUT2D eigenvalue weighted by Gasteiger charge is -2.06. The van der Waals surface area contributed by atoms with E-state index in [0.717, 1.165) is 26.1 Å². The summed E-state index contributed by atoms with van der Waals surface area (Å²) < 4.78 is 2.79. The van der Waals surface area contributed by atoms with Crippen LogP contribution in [0.4, 0.5) is 0 Å². The molecule has 0 amide bonds. The molecule has 0 aliphatic carbocycles. The van der Waals surface area contributed by atoms with Crippen LogP contribution in [0.3, 0.4) is 0 Å². The molecule has 0 aliphatic rings. The van der Waals surface area contributed by atoms with Crippen molar-refractivity contribution in [3.8, 4) is 6.07 Å². The summed E-state index contributed by atoms with van der Waals surface area (Å²) in [5.41, 5.74) is 2.38. The summed E-state index contributed by atoms with van der Waals surface area (Å²) >= 11 is 13.5. The Labute approximate surface area is 130 Å². The fourth-order valence-corrected chi connectivity index (χ4v) is 3.39. The molecular weight excluding hydrogens is 313 g/mol. The van der Waals surface area contributed by atoms with Crippen LogP contribution in [0.1, 0.15) is 16.3 Å². The van der Waals surface area contributed by atoms with Crippen LogP contribution >= 0.6 is 34.5 Å². The molecule has 100 valence electrons. The number of imidazole rings is 1. The van der Waals surface area contributed by atoms with Gasteiger partial charge < -0.3 is 4.57 Å². The van der Waals surface area contributed by atoms with E-state index in [0.29, 0.717) is 18.0 Å². The van der Waals surface area contributed by atoms with Gasteiger partial charge in [0.2, 0.25) is 0 Å². The summed E-state index contributed by atoms with van der Waals surface area (Å²) in [6, 6.07) is 11.5. The lowest BCUT2D eigenvalue weighted by atomic mass is 10.2. The first-order valence-electron chi connectivity index (χ1n) is 5.90. The number of benzene rings is 1. The Morgan fingerprint density at radius 1 is 1.30 bits per heavy atom. The number of alkyl halides is 1. The van der Waals surface area contributed by atoms with Crippen molar-refractivity contribution in [3.05, 3.63) is 50.9 Å². The number of rotatable bonds is 3. The maximum Gasteiger partial charge on any atom is 0.125 e. The highest BCUT2D eigenvalue weighted by atomic mass is 35.5. The highest BCUT2D eigenvalue weighted by molar-refractivity contribution is 7.16. The van der Waals surface area contributed by atoms with Crippen LogP contribution in [-0.4, -0.2) is 9.55 Å². The van der Waals surface area contributed by atoms with E-state index in [9.17, 15) is 0 Å². The Kier molecular flexibility index (Phi) is 3.66. The van der Waals surface area contributed by atoms with E-state index in [1.54, 1.807) is 6.07 Å². The van der Waals surface area contributed by atoms with Crippen LogP contribution in [0.2, 0.25) is 4.34 Å². The van der Waals surface area contributed by atoms with Crippen molar-refractivity contribution in [2.75, 3.05) is 0 Å². The van der Waals surface area contributed by atoms with Gasteiger partial charge in [0.15, 0.2) is 0 Å². The Bertz CT molecular complexity index is 814. The second-order valence-electron chi connectivity index (χ2n) is 4.27. The van der Waals surface area contributed by atoms with E-state index in [2.05, 4.69) is 11.1 Å². The first kappa shape index (κ1) is 13.4. The first-order chi connectivity index (χ1) is 9.71. The fourth-order valence-electron chi connectivity index (χ4n) is 2.11. The second-order valence-corrected chi connectivity index (χ2v) is 6.34. The van der Waals surface area contributed by atoms with Gasteiger partial charge in [0.05, 0.1) is 39.4 Å². The van der Waals surface area contributed by atoms with E-state index >= 15 is 0 Å². The lowest BCUT2D eigenvalue weighted by molar-refractivity contribution is 0.789. The molecule has 0 spiro atoms. The van der Waals surface area contributed by atoms with Gasteiger partial charge in [-0.1, -0.05) is 11.6 Å². The smallest absolute Gasteiger partial charge is 0.125 e. The molecule has 6 heteroatoms. The van der Waals surface area contributed by atoms with Gasteiger partial charge in [-0.15, -0.1) is 22.9 Å². The number of fused-ring (bicyclic) bond motifs is 1. The van der Waals surface area contributed by atoms with Crippen molar-refractivity contribution in [2.45, 2.75) is 12.4 Å². The molecule has 3 aromatic rings. The number of hydrogen-bond donors (Lipinski definition) is 0. The van der Waals surface area contributed by atoms with Gasteiger partial charge in [-0.25, -0.2) is 4.98 Å². The summed E-state index contributed by atoms with van der Waals surface area (Å²) in [5.74, 6) is 1.12. The zero-order valence-corrected chi connectivity index (χ0v) is 12.6. The highest BCUT2D eigenvalue weighted by Gasteiger charge is 2.12. The number of thiophene rings is 1. The zero-order valence-electron chi connectivity index (χ0n) is 10.3. The summed E-state index contributed by atoms with van der Waals surface area (Å²) in [7, 11) is 0. The molecule has 0 aliphatic heterocycles. The van der Waals surface area contributed by atoms with Gasteiger partial charge >= 0.3 is 0 Å². The molecule has 0 N–H and O–H groups in total. The van der Waals surface area contributed by atoms with Crippen LogP contribution in [-0.2, 0) is 12.4 Å². The normalized spacial score (nSPS) is 10.8. The zero-order chi connectivity index (χ0) is 14.1. The van der Waals surface area contributed by atoms with Gasteiger partial charge in [-0.2, -0.15) is 5.26 Å². The van der Waals surface area contributed by atoms with Gasteiger partial charge in [-0.05, 0) is 30.3 Å². The van der Waals surface area contributed by atoms with Crippen molar-refractivity contribution in [2.24, 2.45) is 0 Å². The van der Waals surface area contributed by atoms with Crippen molar-refractivity contribution in [1.82, 2.24) is 9.55 Å². The van der Waals surface area contributed by atoms with Crippen molar-refractivity contribution >= 4 is 45.6 Å². The van der Waals surface area contributed by atoms with E-state index < -0.39 is 0 Å². The third-order valence-electron chi connectivity index (χ3n) is 3.02. The van der Waals surface area contributed by atoms with Crippen molar-refractivity contribution in [3.63, 3.8) is 0 Å². The largest absolute Gasteiger partial charge is 0.322 e. The molecule has 20 heavy (non-hydrogen) atoms. The molecule has 0 fully saturated rings. The number of nitriles is 1. The number of hydrogen-bond acceptors (Lipinski definition) is 3. The molecule has 1 aromatic carbocycles. The molecule has 2 aromatic heterocycles. The second kappa shape index (κ2) is 5.45. The molecule has 0 radical (unpaired) electrons. The Hall–Kier alpha value is -1.54. The summed E-state index contributed by atoms with van der Waals surface area (Å²) in [5, 5.41) is 9.02. The van der Waals surface area contributed by atoms with Crippen LogP contribution in [0.15, 0.2) is 30.3 Å². The summed E-state index contributed by atoms with van der Waals surface area (Å²) in [4.78, 5) is 5.63. The van der Waals surface area contributed by atoms with E-state index in [4.69, 9.17) is 28.5 Å². The van der Waals surface area contributed by atoms with Gasteiger partial charge in [0.25, 0.3) is 0 Å². The lowest BCUT2D eigenvalue weighted by Crippen LogP contribution is -2.02. The molecule has 0 unspecified atom stereocenters. The molecular formula is C14H9Cl2N3S. The standard InChI is InChI=1S/C14H9Cl2N3S/c15-6-14-18-11-3-1-9(7-17)5-12(11)19(14)8-10-2-4-13(16)20-10/h1-5H,6,8H2. The van der Waals surface area contributed by atoms with E-state index in [1.807, 2.05) is 28.8 Å². The average molecular weight is 322 g/mol. The quantitative estimate of drug-likeness (QED) is 0.670. The Morgan fingerprint density at radius 2 is 2.15 bits per heavy atom. The molecule has 0 saturated heterocycles. The number of aromatic nitrogens is 2. The van der Waals surface area contributed by atoms with E-state index in [-0.39, 0.29) is 0 Å². The number of nitrogens with zero attached hydrogens (tertiary/aromatic N) is 3. The number of halogens is 2. The molecule has 0 atom stereocenters. The van der Waals surface area contributed by atoms with Crippen LogP contribution in [0, 0.1) is 11.3 Å². The maximum atomic E-state index is 9.02. The average Bonchev–Trinajstić information content (AvgIpc) is 3.03. The molecule has 3 nitrogen and oxygen atoms in total. The van der Waals surface area contributed by atoms with Gasteiger partial charge in [0.1, 0.15) is 5.82 Å². The minimum absolute atomic E-state index is 0.329. The van der Waals surface area contributed by atoms with E-state index in [1.165, 1.54) is 11.3 Å². The van der Waals surface area contributed by atoms with Gasteiger partial charge in [0, 0.05) is 4.88 Å². The molecule has 2 heterocycles. The monoisotopic (exact) mass is 321 g/mol. The first-order valence-corrected chi connectivity index (χ1v) is 7.63. The van der Waals surface area contributed by atoms with Gasteiger partial charge in [-0.3, -0.25) is 0 Å². The fraction of sp³-hybridized carbons (Fsp3) is 0.143. The van der Waals surface area contributed by atoms with Crippen LogP contribution in [0.25, 0.3) is 11.0 Å². The van der Waals surface area contributed by atoms with Crippen molar-refractivity contribution < 1.29 is 0 Å².